The lowest BCUT2D eigenvalue weighted by atomic mass is 10.4. The summed E-state index contributed by atoms with van der Waals surface area (Å²) in [6, 6.07) is 6.27. The maximum absolute atomic E-state index is 12.8. The van der Waals surface area contributed by atoms with Crippen LogP contribution in [0.1, 0.15) is 6.42 Å². The van der Waals surface area contributed by atoms with E-state index in [1.54, 1.807) is 12.1 Å². The average molecular weight is 477 g/mol. The number of nitrogens with one attached hydrogen (secondary N) is 2. The predicted octanol–water partition coefficient (Wildman–Crippen LogP) is -0.0198. The smallest absolute Gasteiger partial charge is 0.309 e. The van der Waals surface area contributed by atoms with E-state index in [1.807, 2.05) is 19.0 Å². The molecule has 0 bridgehead atoms. The van der Waals surface area contributed by atoms with Gasteiger partial charge in [-0.2, -0.15) is 4.31 Å². The number of rotatable bonds is 8. The summed E-state index contributed by atoms with van der Waals surface area (Å²) in [7, 11) is 0.0742. The molecule has 0 radical (unpaired) electrons. The van der Waals surface area contributed by atoms with Crippen LogP contribution in [0.4, 0.5) is 0 Å². The minimum Gasteiger partial charge on any atom is -0.359 e. The predicted molar refractivity (Wildman–Crippen MR) is 107 cm³/mol. The van der Waals surface area contributed by atoms with Gasteiger partial charge in [0.25, 0.3) is 0 Å². The van der Waals surface area contributed by atoms with Crippen LogP contribution in [-0.2, 0) is 24.3 Å². The molecule has 11 heteroatoms. The maximum atomic E-state index is 12.8. The molecule has 0 spiro atoms. The van der Waals surface area contributed by atoms with Crippen molar-refractivity contribution in [2.75, 3.05) is 46.9 Å². The second-order valence-electron chi connectivity index (χ2n) is 6.52. The number of ether oxygens (including phenoxy) is 1. The van der Waals surface area contributed by atoms with Gasteiger partial charge in [-0.3, -0.25) is 9.59 Å². The normalized spacial score (nSPS) is 17.6. The molecule has 2 rings (SSSR count). The van der Waals surface area contributed by atoms with Gasteiger partial charge in [0, 0.05) is 17.6 Å². The molecule has 1 aromatic carbocycles. The van der Waals surface area contributed by atoms with Crippen molar-refractivity contribution < 1.29 is 22.7 Å². The minimum atomic E-state index is -3.77. The van der Waals surface area contributed by atoms with Crippen LogP contribution in [0.25, 0.3) is 0 Å². The van der Waals surface area contributed by atoms with Crippen LogP contribution in [0.15, 0.2) is 33.6 Å². The van der Waals surface area contributed by atoms with Crippen LogP contribution >= 0.6 is 15.9 Å². The highest BCUT2D eigenvalue weighted by molar-refractivity contribution is 9.10. The highest BCUT2D eigenvalue weighted by Gasteiger charge is 2.36. The molecule has 1 aromatic rings. The first kappa shape index (κ1) is 22.8. The Hall–Kier alpha value is -1.53. The molecule has 0 unspecified atom stereocenters. The van der Waals surface area contributed by atoms with E-state index < -0.39 is 28.1 Å². The van der Waals surface area contributed by atoms with Gasteiger partial charge in [-0.1, -0.05) is 15.9 Å². The van der Waals surface area contributed by atoms with E-state index in [4.69, 9.17) is 4.74 Å². The van der Waals surface area contributed by atoms with Crippen molar-refractivity contribution >= 4 is 37.8 Å². The molecule has 0 aliphatic carbocycles. The standard InChI is InChI=1S/C17H25BrN4O5S/c1-21(2)9-3-8-19-16(23)17(24)20-12-15-22(10-11-27-15)28(25,26)14-6-4-13(18)5-7-14/h4-7,15H,3,8-12H2,1-2H3,(H,19,23)(H,20,24)/t15-/m1/s1. The topological polar surface area (TPSA) is 108 Å². The molecule has 1 fully saturated rings. The lowest BCUT2D eigenvalue weighted by Gasteiger charge is -2.22. The van der Waals surface area contributed by atoms with E-state index in [1.165, 1.54) is 16.4 Å². The van der Waals surface area contributed by atoms with Gasteiger partial charge in [-0.25, -0.2) is 8.42 Å². The van der Waals surface area contributed by atoms with Crippen molar-refractivity contribution in [2.45, 2.75) is 17.5 Å². The van der Waals surface area contributed by atoms with Gasteiger partial charge in [-0.15, -0.1) is 0 Å². The van der Waals surface area contributed by atoms with Gasteiger partial charge < -0.3 is 20.3 Å². The third-order valence-corrected chi connectivity index (χ3v) is 6.51. The second kappa shape index (κ2) is 10.3. The number of halogens is 1. The van der Waals surface area contributed by atoms with Gasteiger partial charge in [-0.05, 0) is 51.3 Å². The number of carbonyl (C=O) groups excluding carboxylic acids is 2. The molecule has 156 valence electrons. The molecule has 1 heterocycles. The highest BCUT2D eigenvalue weighted by atomic mass is 79.9. The van der Waals surface area contributed by atoms with Crippen molar-refractivity contribution in [1.29, 1.82) is 0 Å². The number of hydrogen-bond donors (Lipinski definition) is 2. The van der Waals surface area contributed by atoms with Crippen LogP contribution in [0.2, 0.25) is 0 Å². The number of hydrogen-bond acceptors (Lipinski definition) is 6. The summed E-state index contributed by atoms with van der Waals surface area (Å²) < 4.78 is 33.0. The summed E-state index contributed by atoms with van der Waals surface area (Å²) in [5.74, 6) is -1.57. The van der Waals surface area contributed by atoms with Crippen LogP contribution in [-0.4, -0.2) is 82.5 Å². The van der Waals surface area contributed by atoms with Gasteiger partial charge in [0.2, 0.25) is 10.0 Å². The molecule has 2 amide bonds. The highest BCUT2D eigenvalue weighted by Crippen LogP contribution is 2.23. The molecule has 1 aliphatic rings. The SMILES string of the molecule is CN(C)CCCNC(=O)C(=O)NC[C@H]1OCCN1S(=O)(=O)c1ccc(Br)cc1. The van der Waals surface area contributed by atoms with Crippen molar-refractivity contribution in [1.82, 2.24) is 19.8 Å². The number of amides is 2. The quantitative estimate of drug-likeness (QED) is 0.403. The third-order valence-electron chi connectivity index (χ3n) is 4.07. The fraction of sp³-hybridized carbons (Fsp3) is 0.529. The van der Waals surface area contributed by atoms with E-state index in [0.717, 1.165) is 17.4 Å². The Morgan fingerprint density at radius 2 is 1.86 bits per heavy atom. The molecular weight excluding hydrogens is 452 g/mol. The molecule has 0 saturated carbocycles. The zero-order chi connectivity index (χ0) is 20.7. The lowest BCUT2D eigenvalue weighted by Crippen LogP contribution is -2.47. The Kier molecular flexibility index (Phi) is 8.38. The van der Waals surface area contributed by atoms with E-state index >= 15 is 0 Å². The molecule has 9 nitrogen and oxygen atoms in total. The molecule has 1 saturated heterocycles. The van der Waals surface area contributed by atoms with Crippen LogP contribution in [0.5, 0.6) is 0 Å². The Labute approximate surface area is 173 Å². The number of carbonyl (C=O) groups is 2. The van der Waals surface area contributed by atoms with E-state index in [-0.39, 0.29) is 24.6 Å². The third kappa shape index (κ3) is 6.24. The minimum absolute atomic E-state index is 0.111. The zero-order valence-corrected chi connectivity index (χ0v) is 18.3. The van der Waals surface area contributed by atoms with Crippen molar-refractivity contribution in [3.63, 3.8) is 0 Å². The fourth-order valence-electron chi connectivity index (χ4n) is 2.62. The van der Waals surface area contributed by atoms with Crippen LogP contribution in [0, 0.1) is 0 Å². The van der Waals surface area contributed by atoms with E-state index in [9.17, 15) is 18.0 Å². The van der Waals surface area contributed by atoms with Crippen molar-refractivity contribution in [3.05, 3.63) is 28.7 Å². The Balaban J connectivity index is 1.88. The Morgan fingerprint density at radius 3 is 2.50 bits per heavy atom. The van der Waals surface area contributed by atoms with E-state index in [0.29, 0.717) is 6.54 Å². The van der Waals surface area contributed by atoms with Crippen molar-refractivity contribution in [3.8, 4) is 0 Å². The maximum Gasteiger partial charge on any atom is 0.309 e. The van der Waals surface area contributed by atoms with Gasteiger partial charge in [0.05, 0.1) is 18.0 Å². The summed E-state index contributed by atoms with van der Waals surface area (Å²) in [4.78, 5) is 25.9. The van der Waals surface area contributed by atoms with Crippen LogP contribution in [0.3, 0.4) is 0 Å². The zero-order valence-electron chi connectivity index (χ0n) is 15.9. The molecular formula is C17H25BrN4O5S. The molecule has 28 heavy (non-hydrogen) atoms. The Morgan fingerprint density at radius 1 is 1.21 bits per heavy atom. The monoisotopic (exact) mass is 476 g/mol. The van der Waals surface area contributed by atoms with Gasteiger partial charge in [0.1, 0.15) is 6.23 Å². The molecule has 2 N–H and O–H groups in total. The van der Waals surface area contributed by atoms with Gasteiger partial charge in [0.15, 0.2) is 0 Å². The molecule has 1 atom stereocenters. The Bertz CT molecular complexity index is 785. The first-order valence-electron chi connectivity index (χ1n) is 8.81. The van der Waals surface area contributed by atoms with Gasteiger partial charge >= 0.3 is 11.8 Å². The van der Waals surface area contributed by atoms with E-state index in [2.05, 4.69) is 26.6 Å². The summed E-state index contributed by atoms with van der Waals surface area (Å²) in [5, 5.41) is 4.97. The summed E-state index contributed by atoms with van der Waals surface area (Å²) in [5.41, 5.74) is 0. The number of nitrogens with zero attached hydrogens (tertiary/aromatic N) is 2. The fourth-order valence-corrected chi connectivity index (χ4v) is 4.40. The average Bonchev–Trinajstić information content (AvgIpc) is 3.12. The lowest BCUT2D eigenvalue weighted by molar-refractivity contribution is -0.139. The molecule has 0 aromatic heterocycles. The summed E-state index contributed by atoms with van der Waals surface area (Å²) in [6.45, 7) is 1.46. The molecule has 1 aliphatic heterocycles. The summed E-state index contributed by atoms with van der Waals surface area (Å²) >= 11 is 3.27. The number of sulfonamides is 1. The first-order valence-corrected chi connectivity index (χ1v) is 11.0. The summed E-state index contributed by atoms with van der Waals surface area (Å²) in [6.07, 6.45) is -0.143. The van der Waals surface area contributed by atoms with Crippen LogP contribution < -0.4 is 10.6 Å². The largest absolute Gasteiger partial charge is 0.359 e. The first-order chi connectivity index (χ1) is 13.2. The number of benzene rings is 1. The second-order valence-corrected chi connectivity index (χ2v) is 9.32. The van der Waals surface area contributed by atoms with Crippen molar-refractivity contribution in [2.24, 2.45) is 0 Å².